The number of fused-ring (bicyclic) bond motifs is 13. The standard InChI is InChI=1S/C54H32N2OS/c1-2-10-33(11-3-1)34-18-22-37(23-19-34)55-46-15-7-4-12-39(46)44-30-35(20-27-48(44)55)36-21-28-49-45(31-36)40-13-5-8-16-47(40)56(49)38-24-25-41-42-26-29-51-53(54(42)58-52(41)32-38)43-14-6-9-17-50(43)57-51/h1-32H. The topological polar surface area (TPSA) is 23.0 Å². The summed E-state index contributed by atoms with van der Waals surface area (Å²) >= 11 is 1.86. The minimum absolute atomic E-state index is 0.935. The van der Waals surface area contributed by atoms with Gasteiger partial charge in [-0.3, -0.25) is 0 Å². The van der Waals surface area contributed by atoms with Crippen LogP contribution < -0.4 is 0 Å². The number of hydrogen-bond acceptors (Lipinski definition) is 2. The van der Waals surface area contributed by atoms with Gasteiger partial charge in [-0.05, 0) is 101 Å². The summed E-state index contributed by atoms with van der Waals surface area (Å²) in [6.07, 6.45) is 0. The molecule has 0 radical (unpaired) electrons. The van der Waals surface area contributed by atoms with Gasteiger partial charge in [-0.25, -0.2) is 0 Å². The average molecular weight is 757 g/mol. The molecule has 9 aromatic carbocycles. The van der Waals surface area contributed by atoms with Crippen LogP contribution in [0.3, 0.4) is 0 Å². The molecular weight excluding hydrogens is 725 g/mol. The SMILES string of the molecule is c1ccc(-c2ccc(-n3c4ccccc4c4cc(-c5ccc6c(c5)c5ccccc5n6-c5ccc6c(c5)sc5c6ccc6oc7ccccc7c65)ccc43)cc2)cc1. The molecule has 13 aromatic rings. The summed E-state index contributed by atoms with van der Waals surface area (Å²) in [6.45, 7) is 0. The summed E-state index contributed by atoms with van der Waals surface area (Å²) in [7, 11) is 0. The highest BCUT2D eigenvalue weighted by Gasteiger charge is 2.19. The van der Waals surface area contributed by atoms with E-state index in [-0.39, 0.29) is 0 Å². The fraction of sp³-hybridized carbons (Fsp3) is 0. The van der Waals surface area contributed by atoms with Crippen molar-refractivity contribution in [1.82, 2.24) is 9.13 Å². The third-order valence-electron chi connectivity index (χ3n) is 12.1. The molecule has 0 fully saturated rings. The Hall–Kier alpha value is -7.40. The fourth-order valence-corrected chi connectivity index (χ4v) is 10.8. The lowest BCUT2D eigenvalue weighted by Gasteiger charge is -2.10. The summed E-state index contributed by atoms with van der Waals surface area (Å²) in [4.78, 5) is 0. The van der Waals surface area contributed by atoms with Crippen molar-refractivity contribution in [2.45, 2.75) is 0 Å². The molecule has 3 nitrogen and oxygen atoms in total. The Labute approximate surface area is 336 Å². The van der Waals surface area contributed by atoms with Gasteiger partial charge >= 0.3 is 0 Å². The first-order valence-electron chi connectivity index (χ1n) is 19.7. The van der Waals surface area contributed by atoms with Gasteiger partial charge < -0.3 is 13.6 Å². The zero-order valence-electron chi connectivity index (χ0n) is 31.2. The number of nitrogens with zero attached hydrogens (tertiary/aromatic N) is 2. The molecule has 0 aliphatic carbocycles. The molecule has 0 N–H and O–H groups in total. The Balaban J connectivity index is 0.942. The quantitative estimate of drug-likeness (QED) is 0.175. The van der Waals surface area contributed by atoms with E-state index >= 15 is 0 Å². The van der Waals surface area contributed by atoms with Crippen molar-refractivity contribution in [1.29, 1.82) is 0 Å². The minimum atomic E-state index is 0.935. The van der Waals surface area contributed by atoms with Crippen LogP contribution in [0.25, 0.3) is 119 Å². The molecule has 0 bridgehead atoms. The molecule has 4 heterocycles. The lowest BCUT2D eigenvalue weighted by Crippen LogP contribution is -1.94. The Morgan fingerprint density at radius 3 is 1.57 bits per heavy atom. The van der Waals surface area contributed by atoms with Gasteiger partial charge in [-0.1, -0.05) is 115 Å². The van der Waals surface area contributed by atoms with Crippen molar-refractivity contribution in [2.24, 2.45) is 0 Å². The number of benzene rings is 9. The van der Waals surface area contributed by atoms with Gasteiger partial charge in [0.15, 0.2) is 0 Å². The van der Waals surface area contributed by atoms with E-state index in [1.807, 2.05) is 17.4 Å². The molecule has 0 aliphatic rings. The Kier molecular flexibility index (Phi) is 6.60. The second kappa shape index (κ2) is 12.1. The van der Waals surface area contributed by atoms with Crippen LogP contribution in [0.15, 0.2) is 199 Å². The van der Waals surface area contributed by atoms with Crippen LogP contribution in [0.2, 0.25) is 0 Å². The number of para-hydroxylation sites is 3. The first kappa shape index (κ1) is 31.8. The second-order valence-corrected chi connectivity index (χ2v) is 16.3. The summed E-state index contributed by atoms with van der Waals surface area (Å²) in [6, 6.07) is 70.7. The van der Waals surface area contributed by atoms with E-state index in [4.69, 9.17) is 4.42 Å². The normalized spacial score (nSPS) is 12.1. The summed E-state index contributed by atoms with van der Waals surface area (Å²) in [5.41, 5.74) is 13.9. The van der Waals surface area contributed by atoms with Crippen LogP contribution in [0, 0.1) is 0 Å². The van der Waals surface area contributed by atoms with Gasteiger partial charge in [0.05, 0.1) is 22.1 Å². The third kappa shape index (κ3) is 4.55. The van der Waals surface area contributed by atoms with Gasteiger partial charge in [0.2, 0.25) is 0 Å². The zero-order valence-corrected chi connectivity index (χ0v) is 32.0. The monoisotopic (exact) mass is 756 g/mol. The first-order chi connectivity index (χ1) is 28.7. The smallest absolute Gasteiger partial charge is 0.136 e. The van der Waals surface area contributed by atoms with Gasteiger partial charge in [-0.15, -0.1) is 11.3 Å². The Morgan fingerprint density at radius 1 is 0.328 bits per heavy atom. The maximum Gasteiger partial charge on any atom is 0.136 e. The summed E-state index contributed by atoms with van der Waals surface area (Å²) in [5.74, 6) is 0. The number of furan rings is 1. The van der Waals surface area contributed by atoms with Crippen molar-refractivity contribution in [2.75, 3.05) is 0 Å². The lowest BCUT2D eigenvalue weighted by molar-refractivity contribution is 0.669. The van der Waals surface area contributed by atoms with E-state index < -0.39 is 0 Å². The molecular formula is C54H32N2OS. The Morgan fingerprint density at radius 2 is 0.862 bits per heavy atom. The highest BCUT2D eigenvalue weighted by molar-refractivity contribution is 7.26. The molecule has 0 spiro atoms. The molecule has 270 valence electrons. The van der Waals surface area contributed by atoms with Crippen molar-refractivity contribution < 1.29 is 4.42 Å². The largest absolute Gasteiger partial charge is 0.456 e. The number of hydrogen-bond donors (Lipinski definition) is 0. The molecule has 0 atom stereocenters. The predicted molar refractivity (Wildman–Crippen MR) is 246 cm³/mol. The predicted octanol–water partition coefficient (Wildman–Crippen LogP) is 15.5. The van der Waals surface area contributed by atoms with E-state index in [1.165, 1.54) is 96.8 Å². The van der Waals surface area contributed by atoms with Gasteiger partial charge in [-0.2, -0.15) is 0 Å². The van der Waals surface area contributed by atoms with Crippen molar-refractivity contribution in [3.8, 4) is 33.6 Å². The Bertz CT molecular complexity index is 3790. The molecule has 0 saturated heterocycles. The number of aromatic nitrogens is 2. The van der Waals surface area contributed by atoms with E-state index in [1.54, 1.807) is 0 Å². The van der Waals surface area contributed by atoms with Gasteiger partial charge in [0, 0.05) is 63.9 Å². The van der Waals surface area contributed by atoms with E-state index in [0.717, 1.165) is 22.5 Å². The van der Waals surface area contributed by atoms with E-state index in [9.17, 15) is 0 Å². The van der Waals surface area contributed by atoms with E-state index in [2.05, 4.69) is 197 Å². The third-order valence-corrected chi connectivity index (χ3v) is 13.3. The van der Waals surface area contributed by atoms with Crippen LogP contribution in [-0.2, 0) is 0 Å². The zero-order chi connectivity index (χ0) is 37.9. The highest BCUT2D eigenvalue weighted by atomic mass is 32.1. The van der Waals surface area contributed by atoms with Crippen LogP contribution in [0.1, 0.15) is 0 Å². The molecule has 0 unspecified atom stereocenters. The first-order valence-corrected chi connectivity index (χ1v) is 20.6. The fourth-order valence-electron chi connectivity index (χ4n) is 9.47. The van der Waals surface area contributed by atoms with Crippen molar-refractivity contribution in [3.63, 3.8) is 0 Å². The number of thiophene rings is 1. The maximum atomic E-state index is 6.25. The average Bonchev–Trinajstić information content (AvgIpc) is 4.03. The second-order valence-electron chi connectivity index (χ2n) is 15.3. The molecule has 0 saturated carbocycles. The number of rotatable bonds is 4. The van der Waals surface area contributed by atoms with E-state index in [0.29, 0.717) is 0 Å². The molecule has 4 heteroatoms. The van der Waals surface area contributed by atoms with Gasteiger partial charge in [0.1, 0.15) is 11.2 Å². The van der Waals surface area contributed by atoms with Crippen molar-refractivity contribution >= 4 is 97.1 Å². The molecule has 13 rings (SSSR count). The molecule has 58 heavy (non-hydrogen) atoms. The highest BCUT2D eigenvalue weighted by Crippen LogP contribution is 2.44. The molecule has 4 aromatic heterocycles. The van der Waals surface area contributed by atoms with Crippen LogP contribution >= 0.6 is 11.3 Å². The summed E-state index contributed by atoms with van der Waals surface area (Å²) < 4.78 is 13.6. The molecule has 0 aliphatic heterocycles. The maximum absolute atomic E-state index is 6.25. The summed E-state index contributed by atoms with van der Waals surface area (Å²) in [5, 5.41) is 9.93. The van der Waals surface area contributed by atoms with Crippen LogP contribution in [0.4, 0.5) is 0 Å². The minimum Gasteiger partial charge on any atom is -0.456 e. The van der Waals surface area contributed by atoms with Gasteiger partial charge in [0.25, 0.3) is 0 Å². The molecule has 0 amide bonds. The van der Waals surface area contributed by atoms with Crippen LogP contribution in [-0.4, -0.2) is 9.13 Å². The lowest BCUT2D eigenvalue weighted by atomic mass is 10.0. The van der Waals surface area contributed by atoms with Crippen LogP contribution in [0.5, 0.6) is 0 Å². The van der Waals surface area contributed by atoms with Crippen molar-refractivity contribution in [3.05, 3.63) is 194 Å².